The van der Waals surface area contributed by atoms with E-state index in [4.69, 9.17) is 9.47 Å². The fourth-order valence-electron chi connectivity index (χ4n) is 5.07. The SMILES string of the molecule is Cc1cc(O)c2c(c1)[C@](O)([C@@H]1O[C@@H](OC(=O)c3ccccc3)[C@@H](O)[C@@H](O)[C@@H]1O)c1cc(O)cc(O)c1C2=O. The van der Waals surface area contributed by atoms with E-state index in [1.807, 2.05) is 0 Å². The summed E-state index contributed by atoms with van der Waals surface area (Å²) >= 11 is 0. The van der Waals surface area contributed by atoms with Crippen LogP contribution in [-0.2, 0) is 15.1 Å². The number of carbonyl (C=O) groups excluding carboxylic acids is 2. The number of ether oxygens (including phenoxy) is 2. The number of aliphatic hydroxyl groups excluding tert-OH is 3. The average Bonchev–Trinajstić information content (AvgIpc) is 2.87. The molecule has 1 fully saturated rings. The summed E-state index contributed by atoms with van der Waals surface area (Å²) in [7, 11) is 0. The third kappa shape index (κ3) is 3.80. The van der Waals surface area contributed by atoms with Crippen LogP contribution >= 0.6 is 0 Å². The number of phenolic OH excluding ortho intramolecular Hbond substituents is 3. The van der Waals surface area contributed by atoms with Crippen molar-refractivity contribution in [3.05, 3.63) is 88.0 Å². The summed E-state index contributed by atoms with van der Waals surface area (Å²) in [5.74, 6) is -3.64. The van der Waals surface area contributed by atoms with Crippen LogP contribution < -0.4 is 0 Å². The molecule has 11 heteroatoms. The van der Waals surface area contributed by atoms with Crippen molar-refractivity contribution < 1.29 is 54.8 Å². The average molecular weight is 524 g/mol. The highest BCUT2D eigenvalue weighted by Crippen LogP contribution is 2.51. The molecule has 11 nitrogen and oxygen atoms in total. The molecule has 0 radical (unpaired) electrons. The van der Waals surface area contributed by atoms with Crippen LogP contribution in [0.25, 0.3) is 0 Å². The lowest BCUT2D eigenvalue weighted by Gasteiger charge is -2.48. The molecule has 1 heterocycles. The van der Waals surface area contributed by atoms with Gasteiger partial charge in [0.1, 0.15) is 47.3 Å². The standard InChI is InChI=1S/C27H24O11/c1-11-7-14-18(16(29)8-11)20(31)19-15(9-13(28)10-17(19)30)27(14,36)24-22(33)21(32)23(34)26(37-24)38-25(35)12-5-3-2-4-6-12/h2-10,21-24,26,28-30,32-34,36H,1H3/t21-,22-,23-,24+,26-,27+/m0/s1. The molecule has 0 aromatic heterocycles. The Balaban J connectivity index is 1.67. The minimum atomic E-state index is -2.61. The molecule has 2 aliphatic rings. The first-order valence-electron chi connectivity index (χ1n) is 11.6. The molecule has 5 rings (SSSR count). The van der Waals surface area contributed by atoms with Crippen molar-refractivity contribution >= 4 is 11.8 Å². The Morgan fingerprint density at radius 3 is 2.13 bits per heavy atom. The minimum absolute atomic E-state index is 0.0912. The molecule has 198 valence electrons. The molecule has 0 amide bonds. The molecule has 1 aliphatic heterocycles. The zero-order valence-corrected chi connectivity index (χ0v) is 19.8. The third-order valence-electron chi connectivity index (χ3n) is 6.85. The maximum Gasteiger partial charge on any atom is 0.340 e. The molecule has 6 atom stereocenters. The molecule has 0 saturated carbocycles. The monoisotopic (exact) mass is 524 g/mol. The molecule has 0 unspecified atom stereocenters. The lowest BCUT2D eigenvalue weighted by atomic mass is 9.68. The number of benzene rings is 3. The van der Waals surface area contributed by atoms with Crippen molar-refractivity contribution in [2.45, 2.75) is 43.2 Å². The summed E-state index contributed by atoms with van der Waals surface area (Å²) in [5, 5.41) is 75.8. The molecule has 0 bridgehead atoms. The van der Waals surface area contributed by atoms with Crippen LogP contribution in [0.15, 0.2) is 54.6 Å². The van der Waals surface area contributed by atoms with Crippen LogP contribution in [-0.4, -0.2) is 78.2 Å². The number of aromatic hydroxyl groups is 3. The van der Waals surface area contributed by atoms with Crippen LogP contribution in [0.3, 0.4) is 0 Å². The fraction of sp³-hybridized carbons (Fsp3) is 0.259. The van der Waals surface area contributed by atoms with Crippen LogP contribution in [0.4, 0.5) is 0 Å². The molecule has 3 aromatic carbocycles. The number of fused-ring (bicyclic) bond motifs is 2. The Labute approximate surface area is 215 Å². The highest BCUT2D eigenvalue weighted by molar-refractivity contribution is 6.16. The molecule has 1 saturated heterocycles. The predicted molar refractivity (Wildman–Crippen MR) is 128 cm³/mol. The van der Waals surface area contributed by atoms with Crippen molar-refractivity contribution in [3.63, 3.8) is 0 Å². The maximum atomic E-state index is 13.3. The largest absolute Gasteiger partial charge is 0.508 e. The number of esters is 1. The van der Waals surface area contributed by atoms with Gasteiger partial charge in [0.25, 0.3) is 0 Å². The highest BCUT2D eigenvalue weighted by atomic mass is 16.7. The van der Waals surface area contributed by atoms with Gasteiger partial charge >= 0.3 is 5.97 Å². The second-order valence-electron chi connectivity index (χ2n) is 9.36. The first kappa shape index (κ1) is 25.6. The third-order valence-corrected chi connectivity index (χ3v) is 6.85. The van der Waals surface area contributed by atoms with E-state index < -0.39 is 82.0 Å². The summed E-state index contributed by atoms with van der Waals surface area (Å²) < 4.78 is 11.0. The number of aryl methyl sites for hydroxylation is 1. The smallest absolute Gasteiger partial charge is 0.340 e. The zero-order chi connectivity index (χ0) is 27.5. The number of hydrogen-bond donors (Lipinski definition) is 7. The zero-order valence-electron chi connectivity index (χ0n) is 19.8. The van der Waals surface area contributed by atoms with E-state index in [-0.39, 0.29) is 11.1 Å². The summed E-state index contributed by atoms with van der Waals surface area (Å²) in [6.45, 7) is 1.56. The number of ketones is 1. The van der Waals surface area contributed by atoms with Crippen LogP contribution in [0, 0.1) is 6.92 Å². The van der Waals surface area contributed by atoms with Crippen LogP contribution in [0.5, 0.6) is 17.2 Å². The topological polar surface area (TPSA) is 194 Å². The van der Waals surface area contributed by atoms with E-state index in [0.717, 1.165) is 12.1 Å². The van der Waals surface area contributed by atoms with Gasteiger partial charge in [-0.3, -0.25) is 4.79 Å². The van der Waals surface area contributed by atoms with Gasteiger partial charge in [-0.15, -0.1) is 0 Å². The van der Waals surface area contributed by atoms with Gasteiger partial charge in [-0.05, 0) is 36.8 Å². The van der Waals surface area contributed by atoms with Gasteiger partial charge in [-0.1, -0.05) is 24.3 Å². The van der Waals surface area contributed by atoms with Gasteiger partial charge in [-0.25, -0.2) is 4.79 Å². The Morgan fingerprint density at radius 2 is 1.47 bits per heavy atom. The molecule has 1 aliphatic carbocycles. The summed E-state index contributed by atoms with van der Waals surface area (Å²) in [6, 6.07) is 12.1. The van der Waals surface area contributed by atoms with Crippen molar-refractivity contribution in [3.8, 4) is 17.2 Å². The summed E-state index contributed by atoms with van der Waals surface area (Å²) in [5.41, 5.74) is -3.72. The lowest BCUT2D eigenvalue weighted by molar-refractivity contribution is -0.308. The van der Waals surface area contributed by atoms with Crippen molar-refractivity contribution in [2.24, 2.45) is 0 Å². The van der Waals surface area contributed by atoms with Crippen molar-refractivity contribution in [2.75, 3.05) is 0 Å². The van der Waals surface area contributed by atoms with Gasteiger partial charge in [0.05, 0.1) is 16.7 Å². The summed E-state index contributed by atoms with van der Waals surface area (Å²) in [4.78, 5) is 26.0. The van der Waals surface area contributed by atoms with E-state index in [1.165, 1.54) is 24.3 Å². The fourth-order valence-corrected chi connectivity index (χ4v) is 5.07. The quantitative estimate of drug-likeness (QED) is 0.237. The van der Waals surface area contributed by atoms with Gasteiger partial charge in [0, 0.05) is 17.2 Å². The first-order chi connectivity index (χ1) is 17.9. The highest BCUT2D eigenvalue weighted by Gasteiger charge is 2.59. The van der Waals surface area contributed by atoms with Gasteiger partial charge in [0.2, 0.25) is 12.1 Å². The van der Waals surface area contributed by atoms with Crippen LogP contribution in [0.2, 0.25) is 0 Å². The molecular weight excluding hydrogens is 500 g/mol. The van der Waals surface area contributed by atoms with E-state index in [9.17, 15) is 45.3 Å². The number of aliphatic hydroxyl groups is 4. The molecule has 0 spiro atoms. The number of rotatable bonds is 3. The lowest BCUT2D eigenvalue weighted by Crippen LogP contribution is -2.65. The van der Waals surface area contributed by atoms with E-state index in [0.29, 0.717) is 5.56 Å². The number of carbonyl (C=O) groups is 2. The Morgan fingerprint density at radius 1 is 0.868 bits per heavy atom. The van der Waals surface area contributed by atoms with E-state index >= 15 is 0 Å². The van der Waals surface area contributed by atoms with E-state index in [1.54, 1.807) is 25.1 Å². The molecule has 38 heavy (non-hydrogen) atoms. The van der Waals surface area contributed by atoms with Gasteiger partial charge < -0.3 is 45.2 Å². The number of hydrogen-bond acceptors (Lipinski definition) is 11. The second kappa shape index (κ2) is 9.08. The molecule has 7 N–H and O–H groups in total. The van der Waals surface area contributed by atoms with Crippen molar-refractivity contribution in [1.29, 1.82) is 0 Å². The normalized spacial score (nSPS) is 28.3. The Bertz CT molecular complexity index is 1370. The van der Waals surface area contributed by atoms with Crippen molar-refractivity contribution in [1.82, 2.24) is 0 Å². The van der Waals surface area contributed by atoms with E-state index in [2.05, 4.69) is 0 Å². The molecule has 3 aromatic rings. The minimum Gasteiger partial charge on any atom is -0.508 e. The Hall–Kier alpha value is -4.00. The van der Waals surface area contributed by atoms with Gasteiger partial charge in [-0.2, -0.15) is 0 Å². The first-order valence-corrected chi connectivity index (χ1v) is 11.6. The second-order valence-corrected chi connectivity index (χ2v) is 9.36. The van der Waals surface area contributed by atoms with Gasteiger partial charge in [0.15, 0.2) is 0 Å². The predicted octanol–water partition coefficient (Wildman–Crippen LogP) is 0.557. The van der Waals surface area contributed by atoms with Crippen LogP contribution in [0.1, 0.15) is 43.0 Å². The summed E-state index contributed by atoms with van der Waals surface area (Å²) in [6.07, 6.45) is -9.83. The maximum absolute atomic E-state index is 13.3. The number of phenols is 3. The Kier molecular flexibility index (Phi) is 6.13. The molecular formula is C27H24O11.